The van der Waals surface area contributed by atoms with Crippen molar-refractivity contribution in [1.82, 2.24) is 9.97 Å². The summed E-state index contributed by atoms with van der Waals surface area (Å²) in [7, 11) is -6.88. The molecule has 5 aromatic rings. The number of halogens is 3. The molecule has 0 fully saturated rings. The number of aryl methyl sites for hydroxylation is 2. The van der Waals surface area contributed by atoms with Crippen LogP contribution in [0.1, 0.15) is 49.9 Å². The lowest BCUT2D eigenvalue weighted by molar-refractivity contribution is -0.137. The van der Waals surface area contributed by atoms with Gasteiger partial charge in [0.2, 0.25) is 0 Å². The molecule has 3 aromatic carbocycles. The third kappa shape index (κ3) is 8.25. The van der Waals surface area contributed by atoms with E-state index in [1.807, 2.05) is 6.07 Å². The van der Waals surface area contributed by atoms with Gasteiger partial charge in [-0.25, -0.2) is 26.8 Å². The number of rotatable bonds is 7. The minimum Gasteiger partial charge on any atom is -0.385 e. The van der Waals surface area contributed by atoms with Gasteiger partial charge in [-0.2, -0.15) is 13.2 Å². The van der Waals surface area contributed by atoms with Crippen molar-refractivity contribution in [3.05, 3.63) is 116 Å². The van der Waals surface area contributed by atoms with E-state index in [9.17, 15) is 34.8 Å². The molecule has 9 nitrogen and oxygen atoms in total. The first-order valence-electron chi connectivity index (χ1n) is 15.5. The van der Waals surface area contributed by atoms with Gasteiger partial charge < -0.3 is 10.2 Å². The molecule has 1 N–H and O–H groups in total. The van der Waals surface area contributed by atoms with Crippen molar-refractivity contribution in [2.24, 2.45) is 0 Å². The van der Waals surface area contributed by atoms with E-state index in [-0.39, 0.29) is 22.0 Å². The molecule has 50 heavy (non-hydrogen) atoms. The number of hydrogen-bond donors (Lipinski definition) is 1. The second-order valence-corrected chi connectivity index (χ2v) is 17.6. The summed E-state index contributed by atoms with van der Waals surface area (Å²) in [6, 6.07) is 14.0. The molecule has 2 aliphatic heterocycles. The van der Waals surface area contributed by atoms with Crippen LogP contribution in [0.25, 0.3) is 0 Å². The highest BCUT2D eigenvalue weighted by Gasteiger charge is 2.31. The van der Waals surface area contributed by atoms with Crippen LogP contribution in [0.4, 0.5) is 24.5 Å². The lowest BCUT2D eigenvalue weighted by Crippen LogP contribution is -2.35. The SMILES string of the molecule is O=C(c1ccc(C(F)(F)F)cc1)N1CCCc2cc(S(=O)(=O)Cc3nccs3)ccc21.O=S(=O)(Cc1nccs1)c1ccc2c(c1)CCCN2. The summed E-state index contributed by atoms with van der Waals surface area (Å²) >= 11 is 2.63. The van der Waals surface area contributed by atoms with Crippen LogP contribution < -0.4 is 10.2 Å². The number of hydrogen-bond acceptors (Lipinski definition) is 10. The second kappa shape index (κ2) is 14.6. The van der Waals surface area contributed by atoms with Crippen molar-refractivity contribution >= 4 is 59.6 Å². The Balaban J connectivity index is 0.000000194. The molecule has 0 bridgehead atoms. The molecule has 262 valence electrons. The molecule has 2 aromatic heterocycles. The number of sulfone groups is 2. The number of anilines is 2. The van der Waals surface area contributed by atoms with E-state index in [4.69, 9.17) is 0 Å². The molecule has 0 spiro atoms. The number of carbonyl (C=O) groups excluding carboxylic acids is 1. The van der Waals surface area contributed by atoms with Gasteiger partial charge in [0.25, 0.3) is 5.91 Å². The molecule has 16 heteroatoms. The standard InChI is InChI=1S/C21H17F3N2O3S2.C13H14N2O2S2/c22-21(23,24)16-5-3-14(4-6-16)20(27)26-10-1-2-15-12-17(7-8-18(15)26)31(28,29)13-19-25-9-11-30-19;16-19(17,9-13-15-6-7-18-13)11-3-4-12-10(8-11)2-1-5-14-12/h3-9,11-12H,1-2,10,13H2;3-4,6-8,14H,1-2,5,9H2. The van der Waals surface area contributed by atoms with Crippen LogP contribution >= 0.6 is 22.7 Å². The molecular formula is C34H31F3N4O5S4. The molecule has 0 aliphatic carbocycles. The summed E-state index contributed by atoms with van der Waals surface area (Å²) in [6.45, 7) is 1.36. The van der Waals surface area contributed by atoms with E-state index in [1.54, 1.807) is 47.4 Å². The zero-order chi connectivity index (χ0) is 35.5. The topological polar surface area (TPSA) is 126 Å². The molecule has 0 saturated carbocycles. The third-order valence-electron chi connectivity index (χ3n) is 8.20. The molecule has 4 heterocycles. The summed E-state index contributed by atoms with van der Waals surface area (Å²) in [6.07, 6.45) is 1.91. The lowest BCUT2D eigenvalue weighted by Gasteiger charge is -2.30. The van der Waals surface area contributed by atoms with Crippen molar-refractivity contribution in [2.75, 3.05) is 23.3 Å². The maximum absolute atomic E-state index is 12.9. The summed E-state index contributed by atoms with van der Waals surface area (Å²) in [5, 5.41) is 7.92. The quantitative estimate of drug-likeness (QED) is 0.185. The maximum atomic E-state index is 12.9. The number of benzene rings is 3. The molecule has 2 aliphatic rings. The minimum atomic E-state index is -4.47. The first kappa shape index (κ1) is 35.7. The number of thiazole rings is 2. The fourth-order valence-electron chi connectivity index (χ4n) is 5.72. The fourth-order valence-corrected chi connectivity index (χ4v) is 10.3. The van der Waals surface area contributed by atoms with Gasteiger partial charge in [0.15, 0.2) is 19.7 Å². The zero-order valence-electron chi connectivity index (χ0n) is 26.4. The third-order valence-corrected chi connectivity index (χ3v) is 13.4. The highest BCUT2D eigenvalue weighted by molar-refractivity contribution is 7.91. The van der Waals surface area contributed by atoms with Gasteiger partial charge in [-0.05, 0) is 97.5 Å². The molecule has 0 atom stereocenters. The Morgan fingerprint density at radius 3 is 1.94 bits per heavy atom. The number of nitrogens with one attached hydrogen (secondary N) is 1. The molecule has 0 unspecified atom stereocenters. The van der Waals surface area contributed by atoms with Crippen LogP contribution in [-0.4, -0.2) is 45.8 Å². The lowest BCUT2D eigenvalue weighted by atomic mass is 10.0. The molecule has 0 radical (unpaired) electrons. The van der Waals surface area contributed by atoms with E-state index >= 15 is 0 Å². The first-order valence-corrected chi connectivity index (χ1v) is 20.6. The summed E-state index contributed by atoms with van der Waals surface area (Å²) in [4.78, 5) is 23.0. The van der Waals surface area contributed by atoms with Gasteiger partial charge in [0, 0.05) is 53.2 Å². The van der Waals surface area contributed by atoms with Crippen molar-refractivity contribution < 1.29 is 34.8 Å². The smallest absolute Gasteiger partial charge is 0.385 e. The van der Waals surface area contributed by atoms with E-state index in [1.165, 1.54) is 33.6 Å². The highest BCUT2D eigenvalue weighted by atomic mass is 32.2. The number of carbonyl (C=O) groups is 1. The van der Waals surface area contributed by atoms with Crippen molar-refractivity contribution in [3.8, 4) is 0 Å². The van der Waals surface area contributed by atoms with Crippen LogP contribution in [0.15, 0.2) is 93.6 Å². The Hall–Kier alpha value is -4.12. The summed E-state index contributed by atoms with van der Waals surface area (Å²) in [5.41, 5.74) is 2.75. The minimum absolute atomic E-state index is 0.0170. The van der Waals surface area contributed by atoms with Crippen molar-refractivity contribution in [2.45, 2.75) is 53.2 Å². The number of nitrogens with zero attached hydrogens (tertiary/aromatic N) is 3. The molecule has 7 rings (SSSR count). The maximum Gasteiger partial charge on any atom is 0.416 e. The van der Waals surface area contributed by atoms with Gasteiger partial charge in [-0.1, -0.05) is 0 Å². The van der Waals surface area contributed by atoms with E-state index in [0.29, 0.717) is 45.5 Å². The zero-order valence-corrected chi connectivity index (χ0v) is 29.7. The Kier molecular flexibility index (Phi) is 10.4. The molecule has 1 amide bonds. The molecular weight excluding hydrogens is 730 g/mol. The van der Waals surface area contributed by atoms with Gasteiger partial charge in [0.05, 0.1) is 15.4 Å². The number of aromatic nitrogens is 2. The van der Waals surface area contributed by atoms with Crippen LogP contribution in [-0.2, 0) is 50.2 Å². The van der Waals surface area contributed by atoms with Gasteiger partial charge >= 0.3 is 6.18 Å². The first-order chi connectivity index (χ1) is 23.8. The molecule has 0 saturated heterocycles. The van der Waals surface area contributed by atoms with Gasteiger partial charge in [-0.3, -0.25) is 4.79 Å². The van der Waals surface area contributed by atoms with E-state index in [0.717, 1.165) is 54.9 Å². The predicted molar refractivity (Wildman–Crippen MR) is 187 cm³/mol. The van der Waals surface area contributed by atoms with E-state index < -0.39 is 37.3 Å². The fraction of sp³-hybridized carbons (Fsp3) is 0.265. The number of alkyl halides is 3. The van der Waals surface area contributed by atoms with Crippen LogP contribution in [0, 0.1) is 0 Å². The van der Waals surface area contributed by atoms with Crippen LogP contribution in [0.3, 0.4) is 0 Å². The second-order valence-electron chi connectivity index (χ2n) is 11.6. The summed E-state index contributed by atoms with van der Waals surface area (Å²) in [5.74, 6) is -0.637. The Morgan fingerprint density at radius 2 is 1.36 bits per heavy atom. The van der Waals surface area contributed by atoms with Gasteiger partial charge in [-0.15, -0.1) is 22.7 Å². The van der Waals surface area contributed by atoms with Crippen LogP contribution in [0.5, 0.6) is 0 Å². The Bertz CT molecular complexity index is 2190. The normalized spacial score (nSPS) is 14.5. The number of amides is 1. The Labute approximate surface area is 295 Å². The monoisotopic (exact) mass is 760 g/mol. The highest BCUT2D eigenvalue weighted by Crippen LogP contribution is 2.33. The van der Waals surface area contributed by atoms with E-state index in [2.05, 4.69) is 15.3 Å². The Morgan fingerprint density at radius 1 is 0.780 bits per heavy atom. The number of fused-ring (bicyclic) bond motifs is 2. The predicted octanol–water partition coefficient (Wildman–Crippen LogP) is 7.20. The average Bonchev–Trinajstić information content (AvgIpc) is 3.81. The van der Waals surface area contributed by atoms with Crippen molar-refractivity contribution in [1.29, 1.82) is 0 Å². The summed E-state index contributed by atoms with van der Waals surface area (Å²) < 4.78 is 88.5. The van der Waals surface area contributed by atoms with Crippen LogP contribution in [0.2, 0.25) is 0 Å². The largest absolute Gasteiger partial charge is 0.416 e. The average molecular weight is 761 g/mol. The van der Waals surface area contributed by atoms with Gasteiger partial charge in [0.1, 0.15) is 21.5 Å². The van der Waals surface area contributed by atoms with Crippen molar-refractivity contribution in [3.63, 3.8) is 0 Å².